The fourth-order valence-electron chi connectivity index (χ4n) is 4.61. The van der Waals surface area contributed by atoms with E-state index in [-0.39, 0.29) is 11.7 Å². The van der Waals surface area contributed by atoms with E-state index in [1.165, 1.54) is 11.3 Å². The fourth-order valence-corrected chi connectivity index (χ4v) is 6.24. The van der Waals surface area contributed by atoms with Gasteiger partial charge in [0.1, 0.15) is 15.5 Å². The molecule has 0 aliphatic carbocycles. The SMILES string of the molecule is COc1cccc(-c2cc(-c3ccccc3)nc3sc(C(=O)Nc4ccc(C(=O)/C=C/c5cccs5)cc4)c(N)c23)c1. The van der Waals surface area contributed by atoms with E-state index in [1.807, 2.05) is 78.2 Å². The summed E-state index contributed by atoms with van der Waals surface area (Å²) in [6, 6.07) is 30.3. The molecule has 3 aromatic heterocycles. The van der Waals surface area contributed by atoms with E-state index in [0.29, 0.717) is 26.6 Å². The number of rotatable bonds is 8. The molecule has 0 saturated heterocycles. The molecule has 0 radical (unpaired) electrons. The number of amides is 1. The van der Waals surface area contributed by atoms with Crippen LogP contribution in [0.5, 0.6) is 5.75 Å². The van der Waals surface area contributed by atoms with Gasteiger partial charge in [0.2, 0.25) is 0 Å². The summed E-state index contributed by atoms with van der Waals surface area (Å²) in [5.41, 5.74) is 11.6. The van der Waals surface area contributed by atoms with Gasteiger partial charge in [-0.25, -0.2) is 4.98 Å². The van der Waals surface area contributed by atoms with E-state index in [1.54, 1.807) is 54.9 Å². The monoisotopic (exact) mass is 587 g/mol. The number of benzene rings is 3. The lowest BCUT2D eigenvalue weighted by Crippen LogP contribution is -2.12. The number of carbonyl (C=O) groups excluding carboxylic acids is 2. The second-order valence-corrected chi connectivity index (χ2v) is 11.4. The van der Waals surface area contributed by atoms with Crippen molar-refractivity contribution < 1.29 is 14.3 Å². The number of nitrogen functional groups attached to an aromatic ring is 1. The van der Waals surface area contributed by atoms with Gasteiger partial charge in [0.25, 0.3) is 5.91 Å². The quantitative estimate of drug-likeness (QED) is 0.138. The highest BCUT2D eigenvalue weighted by atomic mass is 32.1. The van der Waals surface area contributed by atoms with Gasteiger partial charge in [-0.1, -0.05) is 48.5 Å². The summed E-state index contributed by atoms with van der Waals surface area (Å²) in [7, 11) is 1.63. The standard InChI is InChI=1S/C34H25N3O3S2/c1-40-25-10-5-9-23(19-25)27-20-28(21-7-3-2-4-8-21)37-34-30(27)31(35)32(42-34)33(39)36-24-14-12-22(13-15-24)29(38)17-16-26-11-6-18-41-26/h2-20H,35H2,1H3,(H,36,39)/b17-16+. The van der Waals surface area contributed by atoms with E-state index in [4.69, 9.17) is 15.5 Å². The van der Waals surface area contributed by atoms with Crippen molar-refractivity contribution in [3.05, 3.63) is 124 Å². The normalized spacial score (nSPS) is 11.2. The van der Waals surface area contributed by atoms with Crippen LogP contribution in [0.3, 0.4) is 0 Å². The lowest BCUT2D eigenvalue weighted by atomic mass is 9.99. The molecule has 6 nitrogen and oxygen atoms in total. The first kappa shape index (κ1) is 27.1. The van der Waals surface area contributed by atoms with Crippen LogP contribution in [0.25, 0.3) is 38.7 Å². The van der Waals surface area contributed by atoms with Crippen molar-refractivity contribution in [3.63, 3.8) is 0 Å². The summed E-state index contributed by atoms with van der Waals surface area (Å²) in [5.74, 6) is 0.264. The molecule has 0 fully saturated rings. The van der Waals surface area contributed by atoms with Crippen LogP contribution in [0.1, 0.15) is 24.9 Å². The molecule has 8 heteroatoms. The third kappa shape index (κ3) is 5.58. The number of anilines is 2. The number of methoxy groups -OCH3 is 1. The van der Waals surface area contributed by atoms with E-state index < -0.39 is 0 Å². The second kappa shape index (κ2) is 11.8. The van der Waals surface area contributed by atoms with Crippen LogP contribution < -0.4 is 15.8 Å². The Morgan fingerprint density at radius 1 is 0.905 bits per heavy atom. The van der Waals surface area contributed by atoms with Gasteiger partial charge in [0.05, 0.1) is 18.5 Å². The molecule has 0 saturated carbocycles. The maximum atomic E-state index is 13.5. The number of nitrogens with one attached hydrogen (secondary N) is 1. The maximum absolute atomic E-state index is 13.5. The predicted molar refractivity (Wildman–Crippen MR) is 174 cm³/mol. The fraction of sp³-hybridized carbons (Fsp3) is 0.0294. The number of allylic oxidation sites excluding steroid dienone is 1. The zero-order valence-electron chi connectivity index (χ0n) is 22.5. The third-order valence-corrected chi connectivity index (χ3v) is 8.66. The lowest BCUT2D eigenvalue weighted by molar-refractivity contribution is 0.102. The third-order valence-electron chi connectivity index (χ3n) is 6.72. The Bertz CT molecular complexity index is 1930. The molecule has 6 rings (SSSR count). The Hall–Kier alpha value is -5.05. The Labute approximate surface area is 250 Å². The molecule has 6 aromatic rings. The molecule has 3 heterocycles. The lowest BCUT2D eigenvalue weighted by Gasteiger charge is -2.10. The molecule has 0 aliphatic rings. The van der Waals surface area contributed by atoms with Crippen LogP contribution in [0.15, 0.2) is 109 Å². The zero-order valence-corrected chi connectivity index (χ0v) is 24.2. The van der Waals surface area contributed by atoms with E-state index in [9.17, 15) is 9.59 Å². The first-order valence-corrected chi connectivity index (χ1v) is 14.8. The average Bonchev–Trinajstić information content (AvgIpc) is 3.68. The molecular weight excluding hydrogens is 563 g/mol. The summed E-state index contributed by atoms with van der Waals surface area (Å²) in [6.45, 7) is 0. The number of aromatic nitrogens is 1. The van der Waals surface area contributed by atoms with Gasteiger partial charge in [-0.3, -0.25) is 9.59 Å². The minimum atomic E-state index is -0.343. The summed E-state index contributed by atoms with van der Waals surface area (Å²) < 4.78 is 5.46. The number of hydrogen-bond donors (Lipinski definition) is 2. The smallest absolute Gasteiger partial charge is 0.267 e. The second-order valence-electron chi connectivity index (χ2n) is 9.42. The van der Waals surface area contributed by atoms with Crippen LogP contribution >= 0.6 is 22.7 Å². The highest BCUT2D eigenvalue weighted by Gasteiger charge is 2.22. The Kier molecular flexibility index (Phi) is 7.64. The summed E-state index contributed by atoms with van der Waals surface area (Å²) in [4.78, 5) is 32.9. The van der Waals surface area contributed by atoms with E-state index in [2.05, 4.69) is 5.32 Å². The molecule has 0 aliphatic heterocycles. The summed E-state index contributed by atoms with van der Waals surface area (Å²) in [6.07, 6.45) is 3.35. The summed E-state index contributed by atoms with van der Waals surface area (Å²) in [5, 5.41) is 5.60. The van der Waals surface area contributed by atoms with Gasteiger partial charge >= 0.3 is 0 Å². The number of hydrogen-bond acceptors (Lipinski definition) is 7. The van der Waals surface area contributed by atoms with Crippen molar-refractivity contribution in [2.24, 2.45) is 0 Å². The first-order chi connectivity index (χ1) is 20.5. The van der Waals surface area contributed by atoms with Gasteiger partial charge < -0.3 is 15.8 Å². The van der Waals surface area contributed by atoms with Gasteiger partial charge in [0.15, 0.2) is 5.78 Å². The van der Waals surface area contributed by atoms with Crippen molar-refractivity contribution >= 4 is 62.0 Å². The number of thiophene rings is 2. The van der Waals surface area contributed by atoms with Crippen molar-refractivity contribution in [1.29, 1.82) is 0 Å². The van der Waals surface area contributed by atoms with Gasteiger partial charge in [-0.15, -0.1) is 22.7 Å². The largest absolute Gasteiger partial charge is 0.497 e. The average molecular weight is 588 g/mol. The van der Waals surface area contributed by atoms with Gasteiger partial charge in [0, 0.05) is 27.1 Å². The molecule has 0 spiro atoms. The van der Waals surface area contributed by atoms with Crippen LogP contribution in [0.2, 0.25) is 0 Å². The molecule has 3 N–H and O–H groups in total. The first-order valence-electron chi connectivity index (χ1n) is 13.1. The molecule has 0 atom stereocenters. The molecular formula is C34H25N3O3S2. The maximum Gasteiger partial charge on any atom is 0.267 e. The predicted octanol–water partition coefficient (Wildman–Crippen LogP) is 8.43. The molecule has 0 unspecified atom stereocenters. The van der Waals surface area contributed by atoms with Crippen molar-refractivity contribution in [2.75, 3.05) is 18.2 Å². The Morgan fingerprint density at radius 2 is 1.69 bits per heavy atom. The Balaban J connectivity index is 1.32. The minimum absolute atomic E-state index is 0.111. The molecule has 1 amide bonds. The van der Waals surface area contributed by atoms with E-state index >= 15 is 0 Å². The van der Waals surface area contributed by atoms with Gasteiger partial charge in [-0.2, -0.15) is 0 Å². The highest BCUT2D eigenvalue weighted by molar-refractivity contribution is 7.21. The van der Waals surface area contributed by atoms with Gasteiger partial charge in [-0.05, 0) is 77.2 Å². The van der Waals surface area contributed by atoms with Crippen LogP contribution in [0, 0.1) is 0 Å². The highest BCUT2D eigenvalue weighted by Crippen LogP contribution is 2.42. The van der Waals surface area contributed by atoms with Crippen LogP contribution in [0.4, 0.5) is 11.4 Å². The number of carbonyl (C=O) groups is 2. The van der Waals surface area contributed by atoms with Crippen molar-refractivity contribution in [3.8, 4) is 28.1 Å². The van der Waals surface area contributed by atoms with E-state index in [0.717, 1.165) is 38.4 Å². The molecule has 3 aromatic carbocycles. The minimum Gasteiger partial charge on any atom is -0.497 e. The molecule has 0 bridgehead atoms. The van der Waals surface area contributed by atoms with Crippen molar-refractivity contribution in [1.82, 2.24) is 4.98 Å². The number of ketones is 1. The van der Waals surface area contributed by atoms with Crippen LogP contribution in [-0.2, 0) is 0 Å². The number of ether oxygens (including phenoxy) is 1. The Morgan fingerprint density at radius 3 is 2.43 bits per heavy atom. The topological polar surface area (TPSA) is 94.3 Å². The number of pyridine rings is 1. The number of fused-ring (bicyclic) bond motifs is 1. The van der Waals surface area contributed by atoms with Crippen LogP contribution in [-0.4, -0.2) is 23.8 Å². The number of nitrogens with zero attached hydrogens (tertiary/aromatic N) is 1. The molecule has 42 heavy (non-hydrogen) atoms. The summed E-state index contributed by atoms with van der Waals surface area (Å²) >= 11 is 2.82. The zero-order chi connectivity index (χ0) is 29.1. The number of nitrogens with two attached hydrogens (primary N) is 1. The van der Waals surface area contributed by atoms with Crippen molar-refractivity contribution in [2.45, 2.75) is 0 Å². The molecule has 206 valence electrons.